The maximum atomic E-state index is 4.47. The van der Waals surface area contributed by atoms with Crippen molar-refractivity contribution in [2.75, 3.05) is 12.4 Å². The molecule has 0 amide bonds. The summed E-state index contributed by atoms with van der Waals surface area (Å²) in [6, 6.07) is 8.36. The minimum atomic E-state index is 0.782. The van der Waals surface area contributed by atoms with E-state index in [0.717, 1.165) is 22.9 Å². The van der Waals surface area contributed by atoms with Crippen LogP contribution < -0.4 is 5.32 Å². The first-order chi connectivity index (χ1) is 8.10. The van der Waals surface area contributed by atoms with Crippen LogP contribution in [0.2, 0.25) is 0 Å². The van der Waals surface area contributed by atoms with Gasteiger partial charge in [0.15, 0.2) is 0 Å². The van der Waals surface area contributed by atoms with Crippen molar-refractivity contribution in [2.45, 2.75) is 20.8 Å². The van der Waals surface area contributed by atoms with Crippen LogP contribution in [0.5, 0.6) is 0 Å². The zero-order chi connectivity index (χ0) is 12.4. The Hall–Kier alpha value is -1.90. The maximum Gasteiger partial charge on any atom is 0.130 e. The molecule has 3 heteroatoms. The Morgan fingerprint density at radius 2 is 1.71 bits per heavy atom. The van der Waals surface area contributed by atoms with Crippen molar-refractivity contribution in [3.63, 3.8) is 0 Å². The van der Waals surface area contributed by atoms with Crippen LogP contribution in [0.3, 0.4) is 0 Å². The zero-order valence-electron chi connectivity index (χ0n) is 10.7. The van der Waals surface area contributed by atoms with Gasteiger partial charge in [-0.2, -0.15) is 0 Å². The van der Waals surface area contributed by atoms with Crippen molar-refractivity contribution >= 4 is 5.82 Å². The lowest BCUT2D eigenvalue weighted by atomic mass is 10.0. The zero-order valence-corrected chi connectivity index (χ0v) is 10.7. The Bertz CT molecular complexity index is 547. The highest BCUT2D eigenvalue weighted by Crippen LogP contribution is 2.22. The Morgan fingerprint density at radius 1 is 0.941 bits per heavy atom. The molecule has 0 aliphatic heterocycles. The normalized spacial score (nSPS) is 10.4. The molecule has 1 aromatic carbocycles. The second kappa shape index (κ2) is 4.53. The number of hydrogen-bond donors (Lipinski definition) is 1. The molecular formula is C14H17N3. The number of anilines is 1. The van der Waals surface area contributed by atoms with Crippen molar-refractivity contribution in [1.29, 1.82) is 0 Å². The van der Waals surface area contributed by atoms with E-state index in [2.05, 4.69) is 47.3 Å². The first kappa shape index (κ1) is 11.6. The Balaban J connectivity index is 2.52. The molecule has 0 bridgehead atoms. The fourth-order valence-electron chi connectivity index (χ4n) is 1.74. The van der Waals surface area contributed by atoms with Gasteiger partial charge in [-0.25, -0.2) is 9.97 Å². The monoisotopic (exact) mass is 227 g/mol. The third-order valence-corrected chi connectivity index (χ3v) is 2.90. The number of benzene rings is 1. The summed E-state index contributed by atoms with van der Waals surface area (Å²) in [6.07, 6.45) is 0. The molecule has 1 N–H and O–H groups in total. The van der Waals surface area contributed by atoms with E-state index in [1.54, 1.807) is 0 Å². The molecule has 0 aliphatic rings. The van der Waals surface area contributed by atoms with E-state index in [0.29, 0.717) is 0 Å². The number of aryl methyl sites for hydroxylation is 3. The molecule has 0 saturated heterocycles. The first-order valence-corrected chi connectivity index (χ1v) is 5.71. The molecule has 0 unspecified atom stereocenters. The summed E-state index contributed by atoms with van der Waals surface area (Å²) in [5.41, 5.74) is 4.68. The molecule has 0 radical (unpaired) electrons. The molecule has 0 saturated carbocycles. The van der Waals surface area contributed by atoms with Gasteiger partial charge in [-0.1, -0.05) is 12.1 Å². The van der Waals surface area contributed by atoms with Gasteiger partial charge in [-0.15, -0.1) is 0 Å². The fraction of sp³-hybridized carbons (Fsp3) is 0.286. The summed E-state index contributed by atoms with van der Waals surface area (Å²) in [5.74, 6) is 1.64. The number of rotatable bonds is 2. The van der Waals surface area contributed by atoms with Gasteiger partial charge in [0.2, 0.25) is 0 Å². The molecule has 88 valence electrons. The standard InChI is InChI=1S/C14H17N3/c1-9-5-6-12(7-10(9)2)13-8-14(15-4)17-11(3)16-13/h5-8H,1-4H3,(H,15,16,17). The third-order valence-electron chi connectivity index (χ3n) is 2.90. The molecule has 1 aromatic heterocycles. The van der Waals surface area contributed by atoms with E-state index in [1.165, 1.54) is 11.1 Å². The molecule has 0 aliphatic carbocycles. The molecule has 3 nitrogen and oxygen atoms in total. The lowest BCUT2D eigenvalue weighted by Crippen LogP contribution is -1.98. The van der Waals surface area contributed by atoms with E-state index < -0.39 is 0 Å². The van der Waals surface area contributed by atoms with Crippen LogP contribution in [0.4, 0.5) is 5.82 Å². The minimum Gasteiger partial charge on any atom is -0.373 e. The molecule has 0 fully saturated rings. The van der Waals surface area contributed by atoms with Gasteiger partial charge >= 0.3 is 0 Å². The van der Waals surface area contributed by atoms with Gasteiger partial charge in [0.05, 0.1) is 5.69 Å². The highest BCUT2D eigenvalue weighted by atomic mass is 15.0. The van der Waals surface area contributed by atoms with E-state index in [-0.39, 0.29) is 0 Å². The topological polar surface area (TPSA) is 37.8 Å². The fourth-order valence-corrected chi connectivity index (χ4v) is 1.74. The van der Waals surface area contributed by atoms with Crippen molar-refractivity contribution in [2.24, 2.45) is 0 Å². The molecule has 2 rings (SSSR count). The molecule has 2 aromatic rings. The van der Waals surface area contributed by atoms with Crippen molar-refractivity contribution in [3.8, 4) is 11.3 Å². The number of aromatic nitrogens is 2. The van der Waals surface area contributed by atoms with Crippen LogP contribution in [-0.4, -0.2) is 17.0 Å². The van der Waals surface area contributed by atoms with Gasteiger partial charge in [0.25, 0.3) is 0 Å². The summed E-state index contributed by atoms with van der Waals surface area (Å²) < 4.78 is 0. The van der Waals surface area contributed by atoms with Crippen LogP contribution in [0.1, 0.15) is 17.0 Å². The highest BCUT2D eigenvalue weighted by Gasteiger charge is 2.04. The van der Waals surface area contributed by atoms with E-state index in [1.807, 2.05) is 20.0 Å². The van der Waals surface area contributed by atoms with E-state index >= 15 is 0 Å². The molecular weight excluding hydrogens is 210 g/mol. The van der Waals surface area contributed by atoms with Gasteiger partial charge in [0.1, 0.15) is 11.6 Å². The van der Waals surface area contributed by atoms with Crippen LogP contribution >= 0.6 is 0 Å². The first-order valence-electron chi connectivity index (χ1n) is 5.71. The van der Waals surface area contributed by atoms with E-state index in [9.17, 15) is 0 Å². The Morgan fingerprint density at radius 3 is 2.35 bits per heavy atom. The molecule has 0 atom stereocenters. The lowest BCUT2D eigenvalue weighted by Gasteiger charge is -2.07. The van der Waals surface area contributed by atoms with Crippen LogP contribution in [0, 0.1) is 20.8 Å². The second-order valence-corrected chi connectivity index (χ2v) is 4.23. The molecule has 1 heterocycles. The van der Waals surface area contributed by atoms with Crippen molar-refractivity contribution < 1.29 is 0 Å². The van der Waals surface area contributed by atoms with Gasteiger partial charge in [-0.05, 0) is 38.0 Å². The predicted octanol–water partition coefficient (Wildman–Crippen LogP) is 3.11. The SMILES string of the molecule is CNc1cc(-c2ccc(C)c(C)c2)nc(C)n1. The third kappa shape index (κ3) is 2.44. The number of hydrogen-bond acceptors (Lipinski definition) is 3. The van der Waals surface area contributed by atoms with Crippen molar-refractivity contribution in [3.05, 3.63) is 41.2 Å². The van der Waals surface area contributed by atoms with Gasteiger partial charge in [-0.3, -0.25) is 0 Å². The average Bonchev–Trinajstić information content (AvgIpc) is 2.32. The molecule has 17 heavy (non-hydrogen) atoms. The quantitative estimate of drug-likeness (QED) is 0.856. The molecule has 0 spiro atoms. The second-order valence-electron chi connectivity index (χ2n) is 4.23. The Kier molecular flexibility index (Phi) is 3.09. The number of nitrogens with one attached hydrogen (secondary N) is 1. The van der Waals surface area contributed by atoms with Crippen molar-refractivity contribution in [1.82, 2.24) is 9.97 Å². The largest absolute Gasteiger partial charge is 0.373 e. The van der Waals surface area contributed by atoms with Gasteiger partial charge in [0, 0.05) is 18.7 Å². The maximum absolute atomic E-state index is 4.47. The van der Waals surface area contributed by atoms with Crippen LogP contribution in [0.15, 0.2) is 24.3 Å². The van der Waals surface area contributed by atoms with Crippen LogP contribution in [-0.2, 0) is 0 Å². The minimum absolute atomic E-state index is 0.782. The van der Waals surface area contributed by atoms with E-state index in [4.69, 9.17) is 0 Å². The lowest BCUT2D eigenvalue weighted by molar-refractivity contribution is 1.06. The summed E-state index contributed by atoms with van der Waals surface area (Å²) in [5, 5.41) is 3.05. The summed E-state index contributed by atoms with van der Waals surface area (Å²) in [7, 11) is 1.87. The average molecular weight is 227 g/mol. The van der Waals surface area contributed by atoms with Gasteiger partial charge < -0.3 is 5.32 Å². The number of nitrogens with zero attached hydrogens (tertiary/aromatic N) is 2. The summed E-state index contributed by atoms with van der Waals surface area (Å²) >= 11 is 0. The smallest absolute Gasteiger partial charge is 0.130 e. The Labute approximate surface area is 102 Å². The van der Waals surface area contributed by atoms with Crippen LogP contribution in [0.25, 0.3) is 11.3 Å². The summed E-state index contributed by atoms with van der Waals surface area (Å²) in [4.78, 5) is 8.77. The highest BCUT2D eigenvalue weighted by molar-refractivity contribution is 5.63. The summed E-state index contributed by atoms with van der Waals surface area (Å²) in [6.45, 7) is 6.14. The predicted molar refractivity (Wildman–Crippen MR) is 71.2 cm³/mol.